The molecule has 0 amide bonds. The summed E-state index contributed by atoms with van der Waals surface area (Å²) in [6.45, 7) is 8.97. The molecule has 0 aliphatic rings. The lowest BCUT2D eigenvalue weighted by Gasteiger charge is -2.22. The molecule has 0 spiro atoms. The molecule has 0 saturated carbocycles. The van der Waals surface area contributed by atoms with Gasteiger partial charge in [-0.05, 0) is 13.3 Å². The number of aromatic nitrogens is 2. The van der Waals surface area contributed by atoms with E-state index >= 15 is 0 Å². The molecule has 132 valence electrons. The van der Waals surface area contributed by atoms with Crippen molar-refractivity contribution in [2.75, 3.05) is 33.4 Å². The van der Waals surface area contributed by atoms with Crippen molar-refractivity contribution in [2.24, 2.45) is 5.92 Å². The highest BCUT2D eigenvalue weighted by Crippen LogP contribution is 2.09. The Labute approximate surface area is 138 Å². The Morgan fingerprint density at radius 2 is 2.17 bits per heavy atom. The average molecular weight is 327 g/mol. The maximum absolute atomic E-state index is 11.6. The van der Waals surface area contributed by atoms with Crippen LogP contribution >= 0.6 is 0 Å². The van der Waals surface area contributed by atoms with Gasteiger partial charge in [-0.3, -0.25) is 9.69 Å². The second kappa shape index (κ2) is 11.1. The Balaban J connectivity index is 2.59. The van der Waals surface area contributed by atoms with Gasteiger partial charge in [-0.1, -0.05) is 25.4 Å². The quantitative estimate of drug-likeness (QED) is 0.429. The molecule has 0 N–H and O–H groups in total. The number of ether oxygens (including phenoxy) is 2. The van der Waals surface area contributed by atoms with Gasteiger partial charge < -0.3 is 14.0 Å². The van der Waals surface area contributed by atoms with Crippen molar-refractivity contribution in [3.8, 4) is 0 Å². The van der Waals surface area contributed by atoms with Crippen LogP contribution in [-0.4, -0.2) is 54.4 Å². The van der Waals surface area contributed by atoms with Crippen LogP contribution in [0.3, 0.4) is 0 Å². The van der Waals surface area contributed by atoms with Crippen molar-refractivity contribution in [1.29, 1.82) is 0 Å². The molecule has 0 aromatic carbocycles. The molecule has 7 nitrogen and oxygen atoms in total. The number of carbonyl (C=O) groups excluding carboxylic acids is 1. The zero-order valence-corrected chi connectivity index (χ0v) is 14.7. The summed E-state index contributed by atoms with van der Waals surface area (Å²) < 4.78 is 15.5. The summed E-state index contributed by atoms with van der Waals surface area (Å²) in [4.78, 5) is 18.1. The van der Waals surface area contributed by atoms with Gasteiger partial charge in [0, 0.05) is 26.1 Å². The number of unbranched alkanes of at least 4 members (excludes halogenated alkanes) is 1. The van der Waals surface area contributed by atoms with Crippen molar-refractivity contribution in [2.45, 2.75) is 46.6 Å². The van der Waals surface area contributed by atoms with E-state index in [2.05, 4.69) is 22.0 Å². The van der Waals surface area contributed by atoms with E-state index in [0.29, 0.717) is 38.7 Å². The third-order valence-electron chi connectivity index (χ3n) is 3.51. The van der Waals surface area contributed by atoms with Crippen LogP contribution in [0.25, 0.3) is 0 Å². The molecule has 1 atom stereocenters. The van der Waals surface area contributed by atoms with Crippen molar-refractivity contribution in [1.82, 2.24) is 15.0 Å². The topological polar surface area (TPSA) is 77.7 Å². The summed E-state index contributed by atoms with van der Waals surface area (Å²) in [5, 5.41) is 4.00. The highest BCUT2D eigenvalue weighted by atomic mass is 16.5. The summed E-state index contributed by atoms with van der Waals surface area (Å²) >= 11 is 0. The molecular formula is C16H29N3O4. The highest BCUT2D eigenvalue weighted by molar-refractivity contribution is 5.72. The maximum Gasteiger partial charge on any atom is 0.309 e. The Bertz CT molecular complexity index is 450. The Morgan fingerprint density at radius 1 is 1.39 bits per heavy atom. The normalized spacial score (nSPS) is 12.6. The lowest BCUT2D eigenvalue weighted by molar-refractivity contribution is -0.145. The highest BCUT2D eigenvalue weighted by Gasteiger charge is 2.19. The van der Waals surface area contributed by atoms with Gasteiger partial charge in [0.1, 0.15) is 0 Å². The van der Waals surface area contributed by atoms with Crippen LogP contribution in [0.5, 0.6) is 0 Å². The number of nitrogens with zero attached hydrogens (tertiary/aromatic N) is 3. The monoisotopic (exact) mass is 327 g/mol. The van der Waals surface area contributed by atoms with Crippen LogP contribution in [0.4, 0.5) is 0 Å². The van der Waals surface area contributed by atoms with Crippen molar-refractivity contribution < 1.29 is 18.8 Å². The van der Waals surface area contributed by atoms with Crippen molar-refractivity contribution in [3.05, 3.63) is 11.7 Å². The number of esters is 1. The Kier molecular flexibility index (Phi) is 9.47. The van der Waals surface area contributed by atoms with Crippen LogP contribution in [0.2, 0.25) is 0 Å². The van der Waals surface area contributed by atoms with Gasteiger partial charge in [0.25, 0.3) is 0 Å². The number of carbonyl (C=O) groups is 1. The van der Waals surface area contributed by atoms with Gasteiger partial charge in [-0.25, -0.2) is 0 Å². The van der Waals surface area contributed by atoms with E-state index in [0.717, 1.165) is 25.1 Å². The van der Waals surface area contributed by atoms with Crippen LogP contribution in [0.15, 0.2) is 4.52 Å². The summed E-state index contributed by atoms with van der Waals surface area (Å²) in [5.74, 6) is 0.877. The van der Waals surface area contributed by atoms with E-state index in [4.69, 9.17) is 14.0 Å². The zero-order chi connectivity index (χ0) is 17.1. The van der Waals surface area contributed by atoms with Crippen LogP contribution in [0.1, 0.15) is 45.3 Å². The van der Waals surface area contributed by atoms with E-state index in [9.17, 15) is 4.79 Å². The molecule has 1 rings (SSSR count). The van der Waals surface area contributed by atoms with Crippen molar-refractivity contribution >= 4 is 5.97 Å². The first-order valence-electron chi connectivity index (χ1n) is 8.30. The fraction of sp³-hybridized carbons (Fsp3) is 0.812. The third-order valence-corrected chi connectivity index (χ3v) is 3.51. The molecule has 23 heavy (non-hydrogen) atoms. The van der Waals surface area contributed by atoms with E-state index in [1.54, 1.807) is 0 Å². The molecule has 1 aromatic heterocycles. The fourth-order valence-corrected chi connectivity index (χ4v) is 2.22. The average Bonchev–Trinajstić information content (AvgIpc) is 2.99. The van der Waals surface area contributed by atoms with E-state index in [-0.39, 0.29) is 11.9 Å². The van der Waals surface area contributed by atoms with E-state index in [1.807, 2.05) is 13.8 Å². The molecule has 0 aliphatic heterocycles. The van der Waals surface area contributed by atoms with Gasteiger partial charge in [0.05, 0.1) is 26.2 Å². The zero-order valence-electron chi connectivity index (χ0n) is 14.7. The first-order valence-corrected chi connectivity index (χ1v) is 8.30. The smallest absolute Gasteiger partial charge is 0.309 e. The minimum Gasteiger partial charge on any atom is -0.469 e. The van der Waals surface area contributed by atoms with Gasteiger partial charge in [0.2, 0.25) is 5.89 Å². The summed E-state index contributed by atoms with van der Waals surface area (Å²) in [5.41, 5.74) is 0. The summed E-state index contributed by atoms with van der Waals surface area (Å²) in [6.07, 6.45) is 2.98. The molecule has 1 aromatic rings. The third kappa shape index (κ3) is 7.56. The molecular weight excluding hydrogens is 298 g/mol. The molecule has 0 radical (unpaired) electrons. The number of hydrogen-bond donors (Lipinski definition) is 0. The molecule has 0 unspecified atom stereocenters. The first-order chi connectivity index (χ1) is 11.1. The lowest BCUT2D eigenvalue weighted by Crippen LogP contribution is -2.34. The predicted molar refractivity (Wildman–Crippen MR) is 85.9 cm³/mol. The minimum absolute atomic E-state index is 0.218. The Morgan fingerprint density at radius 3 is 2.83 bits per heavy atom. The van der Waals surface area contributed by atoms with Crippen molar-refractivity contribution in [3.63, 3.8) is 0 Å². The summed E-state index contributed by atoms with van der Waals surface area (Å²) in [6, 6.07) is 0. The van der Waals surface area contributed by atoms with E-state index in [1.165, 1.54) is 7.11 Å². The number of aryl methyl sites for hydroxylation is 1. The van der Waals surface area contributed by atoms with Crippen LogP contribution in [0, 0.1) is 5.92 Å². The van der Waals surface area contributed by atoms with Crippen LogP contribution in [-0.2, 0) is 27.2 Å². The largest absolute Gasteiger partial charge is 0.469 e. The van der Waals surface area contributed by atoms with Gasteiger partial charge >= 0.3 is 5.97 Å². The number of hydrogen-bond acceptors (Lipinski definition) is 7. The first kappa shape index (κ1) is 19.6. The molecule has 0 saturated heterocycles. The van der Waals surface area contributed by atoms with Gasteiger partial charge in [-0.15, -0.1) is 0 Å². The lowest BCUT2D eigenvalue weighted by atomic mass is 10.1. The standard InChI is InChI=1S/C16H29N3O4/c1-5-7-8-14-17-15(23-18-14)12-19(9-10-22-6-2)11-13(3)16(20)21-4/h13H,5-12H2,1-4H3/t13-/m0/s1. The predicted octanol–water partition coefficient (Wildman–Crippen LogP) is 2.06. The molecule has 1 heterocycles. The second-order valence-corrected chi connectivity index (χ2v) is 5.56. The van der Waals surface area contributed by atoms with Crippen LogP contribution < -0.4 is 0 Å². The fourth-order valence-electron chi connectivity index (χ4n) is 2.22. The molecule has 0 aliphatic carbocycles. The molecule has 7 heteroatoms. The Hall–Kier alpha value is -1.47. The summed E-state index contributed by atoms with van der Waals surface area (Å²) in [7, 11) is 1.40. The SMILES string of the molecule is CCCCc1noc(CN(CCOCC)C[C@H](C)C(=O)OC)n1. The number of rotatable bonds is 12. The minimum atomic E-state index is -0.222. The number of methoxy groups -OCH3 is 1. The van der Waals surface area contributed by atoms with Gasteiger partial charge in [-0.2, -0.15) is 4.98 Å². The maximum atomic E-state index is 11.6. The van der Waals surface area contributed by atoms with E-state index < -0.39 is 0 Å². The second-order valence-electron chi connectivity index (χ2n) is 5.56. The molecule has 0 fully saturated rings. The van der Waals surface area contributed by atoms with Gasteiger partial charge in [0.15, 0.2) is 5.82 Å². The molecule has 0 bridgehead atoms.